The van der Waals surface area contributed by atoms with Crippen LogP contribution in [0.25, 0.3) is 0 Å². The summed E-state index contributed by atoms with van der Waals surface area (Å²) in [5.41, 5.74) is 0.666. The fourth-order valence-electron chi connectivity index (χ4n) is 3.42. The predicted molar refractivity (Wildman–Crippen MR) is 106 cm³/mol. The zero-order valence-electron chi connectivity index (χ0n) is 16.3. The van der Waals surface area contributed by atoms with Gasteiger partial charge in [0.25, 0.3) is 0 Å². The molecular formula is C21H19F2N3O5. The molecule has 31 heavy (non-hydrogen) atoms. The Morgan fingerprint density at radius 1 is 1.03 bits per heavy atom. The average Bonchev–Trinajstić information content (AvgIpc) is 3.16. The van der Waals surface area contributed by atoms with Crippen LogP contribution in [0.1, 0.15) is 6.42 Å². The highest BCUT2D eigenvalue weighted by Crippen LogP contribution is 2.35. The first kappa shape index (κ1) is 20.6. The predicted octanol–water partition coefficient (Wildman–Crippen LogP) is 1.84. The van der Waals surface area contributed by atoms with E-state index in [2.05, 4.69) is 10.6 Å². The number of nitrogens with one attached hydrogen (secondary N) is 2. The smallest absolute Gasteiger partial charge is 0.243 e. The van der Waals surface area contributed by atoms with Gasteiger partial charge in [-0.15, -0.1) is 0 Å². The van der Waals surface area contributed by atoms with Gasteiger partial charge in [-0.2, -0.15) is 0 Å². The van der Waals surface area contributed by atoms with Crippen molar-refractivity contribution in [2.45, 2.75) is 6.42 Å². The van der Waals surface area contributed by atoms with Crippen molar-refractivity contribution < 1.29 is 32.6 Å². The van der Waals surface area contributed by atoms with Crippen LogP contribution in [-0.2, 0) is 14.4 Å². The van der Waals surface area contributed by atoms with Gasteiger partial charge in [-0.05, 0) is 24.3 Å². The molecule has 10 heteroatoms. The zero-order valence-corrected chi connectivity index (χ0v) is 16.3. The van der Waals surface area contributed by atoms with Gasteiger partial charge in [0.15, 0.2) is 23.1 Å². The maximum Gasteiger partial charge on any atom is 0.243 e. The van der Waals surface area contributed by atoms with E-state index in [9.17, 15) is 23.2 Å². The maximum atomic E-state index is 13.2. The number of halogens is 2. The second kappa shape index (κ2) is 8.58. The van der Waals surface area contributed by atoms with Crippen LogP contribution >= 0.6 is 0 Å². The molecule has 162 valence electrons. The summed E-state index contributed by atoms with van der Waals surface area (Å²) < 4.78 is 37.1. The number of anilines is 2. The molecule has 0 saturated carbocycles. The van der Waals surface area contributed by atoms with E-state index in [1.807, 2.05) is 0 Å². The lowest BCUT2D eigenvalue weighted by molar-refractivity contribution is -0.127. The minimum atomic E-state index is -1.09. The van der Waals surface area contributed by atoms with Crippen molar-refractivity contribution in [3.63, 3.8) is 0 Å². The Morgan fingerprint density at radius 3 is 2.58 bits per heavy atom. The van der Waals surface area contributed by atoms with Crippen molar-refractivity contribution in [3.05, 3.63) is 48.0 Å². The molecule has 4 rings (SSSR count). The van der Waals surface area contributed by atoms with Gasteiger partial charge >= 0.3 is 0 Å². The Balaban J connectivity index is 1.32. The van der Waals surface area contributed by atoms with Crippen LogP contribution in [0.2, 0.25) is 0 Å². The van der Waals surface area contributed by atoms with Gasteiger partial charge in [0.05, 0.1) is 12.5 Å². The highest BCUT2D eigenvalue weighted by molar-refractivity contribution is 6.01. The van der Waals surface area contributed by atoms with E-state index in [0.717, 1.165) is 12.1 Å². The number of benzene rings is 2. The van der Waals surface area contributed by atoms with E-state index in [1.54, 1.807) is 18.2 Å². The quantitative estimate of drug-likeness (QED) is 0.753. The van der Waals surface area contributed by atoms with Crippen molar-refractivity contribution in [2.24, 2.45) is 5.92 Å². The van der Waals surface area contributed by atoms with E-state index in [0.29, 0.717) is 30.4 Å². The van der Waals surface area contributed by atoms with Gasteiger partial charge < -0.3 is 25.0 Å². The van der Waals surface area contributed by atoms with E-state index in [-0.39, 0.29) is 31.1 Å². The Morgan fingerprint density at radius 2 is 1.81 bits per heavy atom. The van der Waals surface area contributed by atoms with Crippen molar-refractivity contribution in [3.8, 4) is 11.5 Å². The number of hydrogen-bond donors (Lipinski definition) is 2. The van der Waals surface area contributed by atoms with Gasteiger partial charge in [-0.25, -0.2) is 8.78 Å². The number of nitrogens with zero attached hydrogens (tertiary/aromatic N) is 1. The van der Waals surface area contributed by atoms with Gasteiger partial charge in [0.2, 0.25) is 17.7 Å². The van der Waals surface area contributed by atoms with Crippen LogP contribution in [0.3, 0.4) is 0 Å². The first-order valence-corrected chi connectivity index (χ1v) is 9.63. The second-order valence-electron chi connectivity index (χ2n) is 7.13. The first-order valence-electron chi connectivity index (χ1n) is 9.63. The minimum absolute atomic E-state index is 0.00503. The highest BCUT2D eigenvalue weighted by atomic mass is 19.2. The van der Waals surface area contributed by atoms with E-state index < -0.39 is 29.4 Å². The molecule has 1 fully saturated rings. The normalized spacial score (nSPS) is 17.4. The summed E-state index contributed by atoms with van der Waals surface area (Å²) in [5, 5.41) is 4.84. The molecule has 2 aliphatic heterocycles. The maximum absolute atomic E-state index is 13.2. The molecule has 0 unspecified atom stereocenters. The Kier molecular flexibility index (Phi) is 5.70. The SMILES string of the molecule is O=C(CNC(=O)[C@H]1CC(=O)N(c2ccc3c(c2)OCCO3)C1)Nc1ccc(F)c(F)c1. The summed E-state index contributed by atoms with van der Waals surface area (Å²) in [6.07, 6.45) is 0.00503. The zero-order chi connectivity index (χ0) is 22.0. The van der Waals surface area contributed by atoms with Gasteiger partial charge in [0.1, 0.15) is 13.2 Å². The lowest BCUT2D eigenvalue weighted by atomic mass is 10.1. The lowest BCUT2D eigenvalue weighted by Crippen LogP contribution is -2.38. The Labute approximate surface area is 176 Å². The first-order chi connectivity index (χ1) is 14.9. The molecule has 2 aromatic carbocycles. The third-order valence-electron chi connectivity index (χ3n) is 4.96. The minimum Gasteiger partial charge on any atom is -0.486 e. The van der Waals surface area contributed by atoms with Crippen LogP contribution in [0.4, 0.5) is 20.2 Å². The Bertz CT molecular complexity index is 1050. The fourth-order valence-corrected chi connectivity index (χ4v) is 3.42. The molecule has 8 nitrogen and oxygen atoms in total. The molecule has 2 N–H and O–H groups in total. The molecule has 0 spiro atoms. The fraction of sp³-hybridized carbons (Fsp3) is 0.286. The molecule has 2 aromatic rings. The summed E-state index contributed by atoms with van der Waals surface area (Å²) >= 11 is 0. The molecule has 0 aliphatic carbocycles. The number of fused-ring (bicyclic) bond motifs is 1. The molecular weight excluding hydrogens is 412 g/mol. The molecule has 1 atom stereocenters. The largest absolute Gasteiger partial charge is 0.486 e. The molecule has 0 aromatic heterocycles. The standard InChI is InChI=1S/C21H19F2N3O5/c22-15-3-1-13(8-16(15)23)25-19(27)10-24-21(29)12-7-20(28)26(11-12)14-2-4-17-18(9-14)31-6-5-30-17/h1-4,8-9,12H,5-7,10-11H2,(H,24,29)(H,25,27)/t12-/m0/s1. The molecule has 2 aliphatic rings. The number of carbonyl (C=O) groups excluding carboxylic acids is 3. The summed E-state index contributed by atoms with van der Waals surface area (Å²) in [7, 11) is 0. The molecule has 0 radical (unpaired) electrons. The second-order valence-corrected chi connectivity index (χ2v) is 7.13. The summed E-state index contributed by atoms with van der Waals surface area (Å²) in [6, 6.07) is 8.07. The summed E-state index contributed by atoms with van der Waals surface area (Å²) in [4.78, 5) is 38.3. The molecule has 0 bridgehead atoms. The van der Waals surface area contributed by atoms with Gasteiger partial charge in [0, 0.05) is 36.5 Å². The number of rotatable bonds is 5. The monoisotopic (exact) mass is 431 g/mol. The summed E-state index contributed by atoms with van der Waals surface area (Å²) in [5.74, 6) is -2.88. The highest BCUT2D eigenvalue weighted by Gasteiger charge is 2.35. The molecule has 2 heterocycles. The van der Waals surface area contributed by atoms with Crippen LogP contribution in [0.15, 0.2) is 36.4 Å². The van der Waals surface area contributed by atoms with E-state index >= 15 is 0 Å². The Hall–Kier alpha value is -3.69. The third kappa shape index (κ3) is 4.57. The molecule has 3 amide bonds. The summed E-state index contributed by atoms with van der Waals surface area (Å²) in [6.45, 7) is 0.671. The van der Waals surface area contributed by atoms with Crippen molar-refractivity contribution in [2.75, 3.05) is 36.5 Å². The molecule has 1 saturated heterocycles. The van der Waals surface area contributed by atoms with Gasteiger partial charge in [-0.1, -0.05) is 0 Å². The van der Waals surface area contributed by atoms with Gasteiger partial charge in [-0.3, -0.25) is 14.4 Å². The van der Waals surface area contributed by atoms with Crippen LogP contribution < -0.4 is 25.0 Å². The number of ether oxygens (including phenoxy) is 2. The van der Waals surface area contributed by atoms with Crippen molar-refractivity contribution in [1.82, 2.24) is 5.32 Å². The van der Waals surface area contributed by atoms with Crippen LogP contribution in [0, 0.1) is 17.6 Å². The van der Waals surface area contributed by atoms with E-state index in [4.69, 9.17) is 9.47 Å². The van der Waals surface area contributed by atoms with Crippen molar-refractivity contribution >= 4 is 29.1 Å². The van der Waals surface area contributed by atoms with Crippen LogP contribution in [-0.4, -0.2) is 44.0 Å². The van der Waals surface area contributed by atoms with Crippen molar-refractivity contribution in [1.29, 1.82) is 0 Å². The third-order valence-corrected chi connectivity index (χ3v) is 4.96. The number of carbonyl (C=O) groups is 3. The van der Waals surface area contributed by atoms with E-state index in [1.165, 1.54) is 11.0 Å². The topological polar surface area (TPSA) is 97.0 Å². The number of amides is 3. The number of hydrogen-bond acceptors (Lipinski definition) is 5. The lowest BCUT2D eigenvalue weighted by Gasteiger charge is -2.22. The van der Waals surface area contributed by atoms with Crippen LogP contribution in [0.5, 0.6) is 11.5 Å². The average molecular weight is 431 g/mol.